The normalized spacial score (nSPS) is 11.1. The number of alkyl halides is 6. The summed E-state index contributed by atoms with van der Waals surface area (Å²) in [6, 6.07) is 0. The van der Waals surface area contributed by atoms with Crippen LogP contribution in [-0.2, 0) is 14.3 Å². The Morgan fingerprint density at radius 2 is 1.20 bits per heavy atom. The minimum Gasteiger partial charge on any atom is -0.444 e. The SMILES string of the molecule is CC(C)(C)OC(=O)NCCNc1nc2nc[nH]c2c(=O)[nH]1.CO.O=C(NCCNc1nc2nc[nH]c2c(=O)[nH]1)C(F)(F)F.O=CC(F)(F)F. The van der Waals surface area contributed by atoms with Crippen LogP contribution in [0.1, 0.15) is 20.8 Å². The van der Waals surface area contributed by atoms with Gasteiger partial charge in [0.15, 0.2) is 22.3 Å². The Morgan fingerprint density at radius 3 is 1.57 bits per heavy atom. The number of nitrogens with zero attached hydrogens (tertiary/aromatic N) is 4. The smallest absolute Gasteiger partial charge is 0.444 e. The molecule has 0 saturated carbocycles. The van der Waals surface area contributed by atoms with E-state index in [0.29, 0.717) is 30.2 Å². The van der Waals surface area contributed by atoms with Crippen molar-refractivity contribution in [1.82, 2.24) is 50.5 Å². The fraction of sp³-hybridized carbons (Fsp3) is 0.458. The van der Waals surface area contributed by atoms with E-state index < -0.39 is 41.8 Å². The number of halogens is 6. The predicted molar refractivity (Wildman–Crippen MR) is 160 cm³/mol. The lowest BCUT2D eigenvalue weighted by molar-refractivity contribution is -0.173. The molecule has 0 aliphatic heterocycles. The van der Waals surface area contributed by atoms with Crippen LogP contribution in [0.4, 0.5) is 43.0 Å². The van der Waals surface area contributed by atoms with Crippen molar-refractivity contribution in [1.29, 1.82) is 0 Å². The number of aliphatic hydroxyl groups excluding tert-OH is 1. The lowest BCUT2D eigenvalue weighted by Crippen LogP contribution is -2.39. The van der Waals surface area contributed by atoms with Gasteiger partial charge in [0.05, 0.1) is 12.7 Å². The average Bonchev–Trinajstić information content (AvgIpc) is 3.68. The van der Waals surface area contributed by atoms with E-state index in [9.17, 15) is 45.5 Å². The largest absolute Gasteiger partial charge is 0.471 e. The number of rotatable bonds is 8. The van der Waals surface area contributed by atoms with Crippen LogP contribution in [0.15, 0.2) is 22.2 Å². The van der Waals surface area contributed by atoms with Crippen molar-refractivity contribution in [2.24, 2.45) is 0 Å². The number of aldehydes is 1. The number of aliphatic hydroxyl groups is 1. The Morgan fingerprint density at radius 1 is 0.796 bits per heavy atom. The zero-order valence-electron chi connectivity index (χ0n) is 26.0. The molecule has 4 rings (SSSR count). The molecule has 0 unspecified atom stereocenters. The molecule has 2 amide bonds. The van der Waals surface area contributed by atoms with Crippen molar-refractivity contribution in [2.75, 3.05) is 43.9 Å². The van der Waals surface area contributed by atoms with Crippen molar-refractivity contribution >= 4 is 52.5 Å². The fourth-order valence-corrected chi connectivity index (χ4v) is 2.97. The zero-order chi connectivity index (χ0) is 37.4. The fourth-order valence-electron chi connectivity index (χ4n) is 2.97. The van der Waals surface area contributed by atoms with Crippen LogP contribution in [-0.4, -0.2) is 115 Å². The van der Waals surface area contributed by atoms with Gasteiger partial charge in [0.1, 0.15) is 5.60 Å². The maximum Gasteiger partial charge on any atom is 0.471 e. The second-order valence-electron chi connectivity index (χ2n) is 9.73. The van der Waals surface area contributed by atoms with E-state index in [1.165, 1.54) is 12.7 Å². The molecule has 4 aromatic rings. The number of carbonyl (C=O) groups excluding carboxylic acids is 3. The van der Waals surface area contributed by atoms with Crippen LogP contribution in [0.3, 0.4) is 0 Å². The summed E-state index contributed by atoms with van der Waals surface area (Å²) in [5, 5.41) is 16.7. The minimum absolute atomic E-state index is 0.0410. The second kappa shape index (κ2) is 18.6. The Labute approximate surface area is 270 Å². The molecular formula is C24H32F6N12O7. The minimum atomic E-state index is -4.92. The van der Waals surface area contributed by atoms with Crippen LogP contribution in [0.2, 0.25) is 0 Å². The van der Waals surface area contributed by atoms with E-state index >= 15 is 0 Å². The summed E-state index contributed by atoms with van der Waals surface area (Å²) in [4.78, 5) is 79.8. The number of fused-ring (bicyclic) bond motifs is 2. The molecule has 0 bridgehead atoms. The van der Waals surface area contributed by atoms with Crippen LogP contribution in [0.25, 0.3) is 22.3 Å². The first-order valence-corrected chi connectivity index (χ1v) is 13.4. The van der Waals surface area contributed by atoms with Crippen LogP contribution in [0.5, 0.6) is 0 Å². The van der Waals surface area contributed by atoms with Gasteiger partial charge in [0.25, 0.3) is 11.1 Å². The average molecular weight is 715 g/mol. The molecular weight excluding hydrogens is 682 g/mol. The van der Waals surface area contributed by atoms with Gasteiger partial charge in [-0.05, 0) is 20.8 Å². The van der Waals surface area contributed by atoms with Crippen molar-refractivity contribution in [2.45, 2.75) is 38.7 Å². The highest BCUT2D eigenvalue weighted by Gasteiger charge is 2.38. The van der Waals surface area contributed by atoms with Crippen molar-refractivity contribution in [3.63, 3.8) is 0 Å². The summed E-state index contributed by atoms with van der Waals surface area (Å²) in [6.45, 7) is 5.77. The van der Waals surface area contributed by atoms with Crippen LogP contribution >= 0.6 is 0 Å². The number of hydrogen-bond donors (Lipinski definition) is 9. The highest BCUT2D eigenvalue weighted by molar-refractivity contribution is 5.81. The third-order valence-corrected chi connectivity index (χ3v) is 4.77. The van der Waals surface area contributed by atoms with Gasteiger partial charge in [-0.1, -0.05) is 0 Å². The summed E-state index contributed by atoms with van der Waals surface area (Å²) in [5.41, 5.74) is -0.269. The topological polar surface area (TPSA) is 278 Å². The molecule has 0 aliphatic rings. The summed E-state index contributed by atoms with van der Waals surface area (Å²) >= 11 is 0. The number of amides is 2. The second-order valence-corrected chi connectivity index (χ2v) is 9.73. The number of aromatic nitrogens is 8. The molecule has 0 spiro atoms. The maximum absolute atomic E-state index is 11.9. The summed E-state index contributed by atoms with van der Waals surface area (Å²) in [6.07, 6.45) is -8.41. The zero-order valence-corrected chi connectivity index (χ0v) is 26.0. The first-order valence-electron chi connectivity index (χ1n) is 13.4. The summed E-state index contributed by atoms with van der Waals surface area (Å²) in [5.74, 6) is -1.68. The summed E-state index contributed by atoms with van der Waals surface area (Å²) < 4.78 is 72.0. The van der Waals surface area contributed by atoms with Gasteiger partial charge in [-0.2, -0.15) is 36.3 Å². The Bertz CT molecular complexity index is 1760. The molecule has 0 fully saturated rings. The number of hydrogen-bond acceptors (Lipinski definition) is 13. The standard InChI is InChI=1S/C12H18N6O3.C9H9F3N6O2.C2HF3O.CH4O/c1-12(2,3)21-11(20)14-5-4-13-10-17-8-7(9(19)18-10)15-6-16-8;10-9(11,12)7(20)13-1-2-14-8-17-5-4(6(19)18-8)15-3-16-5;3-2(4,5)1-6;1-2/h6H,4-5H2,1-3H3,(H,14,20)(H3,13,15,16,17,18,19);3H,1-2H2,(H,13,20)(H3,14,15,16,17,18,19);1H;2H,1H3. The van der Waals surface area contributed by atoms with Crippen LogP contribution in [0, 0.1) is 0 Å². The number of ether oxygens (including phenoxy) is 1. The molecule has 0 saturated heterocycles. The summed E-state index contributed by atoms with van der Waals surface area (Å²) in [7, 11) is 1.00. The van der Waals surface area contributed by atoms with Crippen molar-refractivity contribution in [3.8, 4) is 0 Å². The number of anilines is 2. The van der Waals surface area contributed by atoms with E-state index in [0.717, 1.165) is 7.11 Å². The Hall–Kier alpha value is -5.75. The molecule has 4 heterocycles. The molecule has 0 radical (unpaired) electrons. The predicted octanol–water partition coefficient (Wildman–Crippen LogP) is 0.676. The molecule has 0 aromatic carbocycles. The highest BCUT2D eigenvalue weighted by Crippen LogP contribution is 2.13. The van der Waals surface area contributed by atoms with E-state index in [2.05, 4.69) is 55.8 Å². The Balaban J connectivity index is 0.000000404. The molecule has 0 aliphatic carbocycles. The van der Waals surface area contributed by atoms with E-state index in [1.54, 1.807) is 26.1 Å². The van der Waals surface area contributed by atoms with Gasteiger partial charge in [0.2, 0.25) is 18.2 Å². The maximum atomic E-state index is 11.9. The first kappa shape index (κ1) is 41.3. The van der Waals surface area contributed by atoms with Gasteiger partial charge in [-0.25, -0.2) is 14.8 Å². The number of carbonyl (C=O) groups is 3. The van der Waals surface area contributed by atoms with Gasteiger partial charge in [0, 0.05) is 33.3 Å². The number of nitrogens with one attached hydrogen (secondary N) is 8. The van der Waals surface area contributed by atoms with Gasteiger partial charge < -0.3 is 41.1 Å². The number of alkyl carbamates (subject to hydrolysis) is 1. The number of aromatic amines is 4. The van der Waals surface area contributed by atoms with E-state index in [-0.39, 0.29) is 35.8 Å². The molecule has 4 aromatic heterocycles. The molecule has 0 atom stereocenters. The van der Waals surface area contributed by atoms with Crippen molar-refractivity contribution in [3.05, 3.63) is 33.4 Å². The number of H-pyrrole nitrogens is 4. The molecule has 19 nitrogen and oxygen atoms in total. The quantitative estimate of drug-likeness (QED) is 0.0691. The van der Waals surface area contributed by atoms with Gasteiger partial charge >= 0.3 is 24.4 Å². The van der Waals surface area contributed by atoms with Crippen LogP contribution < -0.4 is 32.4 Å². The van der Waals surface area contributed by atoms with E-state index in [4.69, 9.17) is 14.6 Å². The molecule has 272 valence electrons. The third kappa shape index (κ3) is 15.6. The Kier molecular flexibility index (Phi) is 15.6. The number of imidazole rings is 2. The first-order chi connectivity index (χ1) is 22.8. The molecule has 9 N–H and O–H groups in total. The van der Waals surface area contributed by atoms with Gasteiger partial charge in [-0.3, -0.25) is 29.1 Å². The molecule has 25 heteroatoms. The third-order valence-electron chi connectivity index (χ3n) is 4.77. The highest BCUT2D eigenvalue weighted by atomic mass is 19.4. The van der Waals surface area contributed by atoms with E-state index in [1.807, 2.05) is 0 Å². The van der Waals surface area contributed by atoms with Crippen molar-refractivity contribution < 1.29 is 50.6 Å². The monoisotopic (exact) mass is 714 g/mol. The molecule has 49 heavy (non-hydrogen) atoms. The lowest BCUT2D eigenvalue weighted by Gasteiger charge is -2.19. The van der Waals surface area contributed by atoms with Gasteiger partial charge in [-0.15, -0.1) is 0 Å². The lowest BCUT2D eigenvalue weighted by atomic mass is 10.2.